The third kappa shape index (κ3) is 6.00. The van der Waals surface area contributed by atoms with Gasteiger partial charge in [0.25, 0.3) is 5.91 Å². The van der Waals surface area contributed by atoms with Gasteiger partial charge in [0, 0.05) is 27.8 Å². The maximum atomic E-state index is 12.8. The van der Waals surface area contributed by atoms with E-state index in [9.17, 15) is 14.9 Å². The topological polar surface area (TPSA) is 84.1 Å². The lowest BCUT2D eigenvalue weighted by molar-refractivity contribution is -0.112. The van der Waals surface area contributed by atoms with Gasteiger partial charge in [-0.1, -0.05) is 31.0 Å². The van der Waals surface area contributed by atoms with E-state index in [1.165, 1.54) is 0 Å². The molecule has 0 saturated heterocycles. The molecule has 7 heteroatoms. The number of aromatic nitrogens is 1. The van der Waals surface area contributed by atoms with Crippen LogP contribution in [0, 0.1) is 32.1 Å². The number of hydrogen-bond donors (Lipinski definition) is 1. The lowest BCUT2D eigenvalue weighted by Gasteiger charge is -2.11. The highest BCUT2D eigenvalue weighted by atomic mass is 35.5. The van der Waals surface area contributed by atoms with Crippen molar-refractivity contribution < 1.29 is 14.3 Å². The predicted octanol–water partition coefficient (Wildman–Crippen LogP) is 6.56. The summed E-state index contributed by atoms with van der Waals surface area (Å²) in [5, 5.41) is 12.9. The summed E-state index contributed by atoms with van der Waals surface area (Å²) >= 11 is 6.14. The van der Waals surface area contributed by atoms with Gasteiger partial charge >= 0.3 is 5.97 Å². The van der Waals surface area contributed by atoms with Crippen LogP contribution in [0.25, 0.3) is 11.8 Å². The van der Waals surface area contributed by atoms with Gasteiger partial charge in [0.2, 0.25) is 0 Å². The molecule has 0 bridgehead atoms. The Bertz CT molecular complexity index is 1310. The van der Waals surface area contributed by atoms with E-state index in [4.69, 9.17) is 16.3 Å². The highest BCUT2D eigenvalue weighted by molar-refractivity contribution is 6.31. The molecule has 0 aliphatic carbocycles. The maximum Gasteiger partial charge on any atom is 0.338 e. The first-order chi connectivity index (χ1) is 16.8. The van der Waals surface area contributed by atoms with E-state index in [1.807, 2.05) is 49.6 Å². The second kappa shape index (κ2) is 11.5. The van der Waals surface area contributed by atoms with E-state index in [0.29, 0.717) is 22.9 Å². The molecule has 35 heavy (non-hydrogen) atoms. The van der Waals surface area contributed by atoms with Crippen molar-refractivity contribution in [3.63, 3.8) is 0 Å². The average Bonchev–Trinajstić information content (AvgIpc) is 3.13. The van der Waals surface area contributed by atoms with Gasteiger partial charge in [-0.2, -0.15) is 5.26 Å². The Labute approximate surface area is 210 Å². The Balaban J connectivity index is 1.84. The Morgan fingerprint density at radius 2 is 1.86 bits per heavy atom. The number of nitrogens with zero attached hydrogens (tertiary/aromatic N) is 2. The molecular weight excluding hydrogens is 462 g/mol. The molecule has 6 nitrogen and oxygen atoms in total. The Kier molecular flexibility index (Phi) is 8.51. The molecule has 0 aliphatic heterocycles. The Morgan fingerprint density at radius 1 is 1.14 bits per heavy atom. The van der Waals surface area contributed by atoms with Crippen molar-refractivity contribution in [1.29, 1.82) is 5.26 Å². The largest absolute Gasteiger partial charge is 0.462 e. The van der Waals surface area contributed by atoms with Gasteiger partial charge in [0.05, 0.1) is 12.2 Å². The van der Waals surface area contributed by atoms with Gasteiger partial charge in [0.15, 0.2) is 0 Å². The molecule has 2 aromatic carbocycles. The zero-order valence-electron chi connectivity index (χ0n) is 20.3. The summed E-state index contributed by atoms with van der Waals surface area (Å²) in [6.45, 7) is 8.12. The number of anilines is 1. The van der Waals surface area contributed by atoms with Crippen LogP contribution in [0.3, 0.4) is 0 Å². The summed E-state index contributed by atoms with van der Waals surface area (Å²) in [6.07, 6.45) is 3.38. The fraction of sp³-hybridized carbons (Fsp3) is 0.250. The van der Waals surface area contributed by atoms with Gasteiger partial charge in [-0.3, -0.25) is 4.79 Å². The number of carbonyl (C=O) groups excluding carboxylic acids is 2. The van der Waals surface area contributed by atoms with Crippen LogP contribution in [0.1, 0.15) is 52.6 Å². The van der Waals surface area contributed by atoms with Crippen LogP contribution in [0.4, 0.5) is 5.69 Å². The van der Waals surface area contributed by atoms with E-state index >= 15 is 0 Å². The SMILES string of the molecule is CCCCOC(=O)c1ccc(-n2c(C)cc(/C=C(\C#N)C(=O)Nc3cccc(Cl)c3C)c2C)cc1. The first-order valence-corrected chi connectivity index (χ1v) is 11.8. The fourth-order valence-corrected chi connectivity index (χ4v) is 3.88. The van der Waals surface area contributed by atoms with Crippen molar-refractivity contribution in [3.05, 3.63) is 87.2 Å². The second-order valence-electron chi connectivity index (χ2n) is 8.23. The molecular formula is C28H28ClN3O3. The number of esters is 1. The number of nitriles is 1. The standard InChI is InChI=1S/C28H28ClN3O3/c1-5-6-14-35-28(34)21-10-12-24(13-11-21)32-18(2)15-22(20(32)4)16-23(17-30)27(33)31-26-9-7-8-25(29)19(26)3/h7-13,15-16H,5-6,14H2,1-4H3,(H,31,33)/b23-16+. The van der Waals surface area contributed by atoms with Crippen LogP contribution < -0.4 is 5.32 Å². The smallest absolute Gasteiger partial charge is 0.338 e. The van der Waals surface area contributed by atoms with Crippen LogP contribution >= 0.6 is 11.6 Å². The van der Waals surface area contributed by atoms with Crippen molar-refractivity contribution >= 4 is 35.2 Å². The molecule has 3 aromatic rings. The third-order valence-corrected chi connectivity index (χ3v) is 6.15. The highest BCUT2D eigenvalue weighted by Gasteiger charge is 2.16. The zero-order chi connectivity index (χ0) is 25.5. The highest BCUT2D eigenvalue weighted by Crippen LogP contribution is 2.25. The number of carbonyl (C=O) groups is 2. The maximum absolute atomic E-state index is 12.8. The van der Waals surface area contributed by atoms with Gasteiger partial charge < -0.3 is 14.6 Å². The number of ether oxygens (including phenoxy) is 1. The fourth-order valence-electron chi connectivity index (χ4n) is 3.71. The van der Waals surface area contributed by atoms with Crippen molar-refractivity contribution in [3.8, 4) is 11.8 Å². The molecule has 1 amide bonds. The summed E-state index contributed by atoms with van der Waals surface area (Å²) in [7, 11) is 0. The Morgan fingerprint density at radius 3 is 2.51 bits per heavy atom. The summed E-state index contributed by atoms with van der Waals surface area (Å²) in [5.74, 6) is -0.845. The molecule has 0 aliphatic rings. The first kappa shape index (κ1) is 25.8. The molecule has 0 atom stereocenters. The summed E-state index contributed by atoms with van der Waals surface area (Å²) < 4.78 is 7.28. The minimum absolute atomic E-state index is 0.0187. The van der Waals surface area contributed by atoms with Gasteiger partial charge in [0.1, 0.15) is 11.6 Å². The number of rotatable bonds is 8. The molecule has 1 heterocycles. The number of amides is 1. The van der Waals surface area contributed by atoms with Crippen LogP contribution in [-0.2, 0) is 9.53 Å². The monoisotopic (exact) mass is 489 g/mol. The quantitative estimate of drug-likeness (QED) is 0.168. The van der Waals surface area contributed by atoms with Crippen LogP contribution in [0.2, 0.25) is 5.02 Å². The first-order valence-electron chi connectivity index (χ1n) is 11.4. The molecule has 3 rings (SSSR count). The molecule has 0 unspecified atom stereocenters. The second-order valence-corrected chi connectivity index (χ2v) is 8.64. The van der Waals surface area contributed by atoms with Crippen LogP contribution in [-0.4, -0.2) is 23.1 Å². The van der Waals surface area contributed by atoms with Crippen molar-refractivity contribution in [2.45, 2.75) is 40.5 Å². The number of unbranched alkanes of at least 4 members (excludes halogenated alkanes) is 1. The molecule has 0 saturated carbocycles. The average molecular weight is 490 g/mol. The van der Waals surface area contributed by atoms with Crippen molar-refractivity contribution in [2.75, 3.05) is 11.9 Å². The number of aryl methyl sites for hydroxylation is 1. The van der Waals surface area contributed by atoms with Gasteiger partial charge in [-0.05, 0) is 86.9 Å². The Hall–Kier alpha value is -3.82. The number of halogens is 1. The zero-order valence-corrected chi connectivity index (χ0v) is 21.1. The predicted molar refractivity (Wildman–Crippen MR) is 139 cm³/mol. The normalized spacial score (nSPS) is 11.1. The molecule has 0 radical (unpaired) electrons. The third-order valence-electron chi connectivity index (χ3n) is 5.74. The van der Waals surface area contributed by atoms with E-state index < -0.39 is 5.91 Å². The number of benzene rings is 2. The lowest BCUT2D eigenvalue weighted by atomic mass is 10.1. The molecule has 0 fully saturated rings. The van der Waals surface area contributed by atoms with E-state index in [-0.39, 0.29) is 11.5 Å². The number of hydrogen-bond acceptors (Lipinski definition) is 4. The van der Waals surface area contributed by atoms with E-state index in [2.05, 4.69) is 5.32 Å². The molecule has 1 aromatic heterocycles. The molecule has 1 N–H and O–H groups in total. The minimum Gasteiger partial charge on any atom is -0.462 e. The van der Waals surface area contributed by atoms with Crippen molar-refractivity contribution in [2.24, 2.45) is 0 Å². The van der Waals surface area contributed by atoms with E-state index in [1.54, 1.807) is 43.3 Å². The van der Waals surface area contributed by atoms with Crippen LogP contribution in [0.15, 0.2) is 54.1 Å². The summed E-state index contributed by atoms with van der Waals surface area (Å²) in [6, 6.07) is 16.3. The van der Waals surface area contributed by atoms with E-state index in [0.717, 1.165) is 41.0 Å². The summed E-state index contributed by atoms with van der Waals surface area (Å²) in [5.41, 5.74) is 5.16. The number of nitrogens with one attached hydrogen (secondary N) is 1. The van der Waals surface area contributed by atoms with Crippen molar-refractivity contribution in [1.82, 2.24) is 4.57 Å². The van der Waals surface area contributed by atoms with Gasteiger partial charge in [-0.25, -0.2) is 4.79 Å². The lowest BCUT2D eigenvalue weighted by Crippen LogP contribution is -2.14. The van der Waals surface area contributed by atoms with Crippen LogP contribution in [0.5, 0.6) is 0 Å². The molecule has 0 spiro atoms. The molecule has 180 valence electrons. The van der Waals surface area contributed by atoms with Gasteiger partial charge in [-0.15, -0.1) is 0 Å². The minimum atomic E-state index is -0.506. The summed E-state index contributed by atoms with van der Waals surface area (Å²) in [4.78, 5) is 25.0.